The molecule has 0 aromatic rings. The molecule has 0 radical (unpaired) electrons. The Morgan fingerprint density at radius 1 is 1.38 bits per heavy atom. The van der Waals surface area contributed by atoms with Crippen molar-refractivity contribution in [1.82, 2.24) is 4.90 Å². The molecule has 0 aromatic carbocycles. The molecular formula is C9H15NO3. The van der Waals surface area contributed by atoms with Gasteiger partial charge in [0.25, 0.3) is 0 Å². The van der Waals surface area contributed by atoms with E-state index in [2.05, 4.69) is 6.58 Å². The summed E-state index contributed by atoms with van der Waals surface area (Å²) in [6.45, 7) is 7.09. The zero-order chi connectivity index (χ0) is 10.4. The largest absolute Gasteiger partial charge is 0.460 e. The summed E-state index contributed by atoms with van der Waals surface area (Å²) in [5.41, 5.74) is 0.366. The standard InChI is InChI=1S/C9H15NO3/c1-7(2)9(12)13-6-5-10(4)8(3)11/h1,5-6H2,2-4H3. The number of likely N-dealkylation sites (N-methyl/N-ethyl adjacent to an activating group) is 1. The first-order chi connectivity index (χ1) is 5.95. The number of carbonyl (C=O) groups excluding carboxylic acids is 2. The van der Waals surface area contributed by atoms with Crippen LogP contribution in [-0.4, -0.2) is 37.0 Å². The van der Waals surface area contributed by atoms with Gasteiger partial charge in [0.15, 0.2) is 0 Å². The first kappa shape index (κ1) is 11.7. The monoisotopic (exact) mass is 185 g/mol. The molecule has 4 heteroatoms. The third-order valence-corrected chi connectivity index (χ3v) is 1.55. The second-order valence-electron chi connectivity index (χ2n) is 2.86. The predicted molar refractivity (Wildman–Crippen MR) is 49.1 cm³/mol. The highest BCUT2D eigenvalue weighted by atomic mass is 16.5. The van der Waals surface area contributed by atoms with Crippen molar-refractivity contribution in [1.29, 1.82) is 0 Å². The molecule has 0 aromatic heterocycles. The Balaban J connectivity index is 3.62. The molecule has 0 atom stereocenters. The van der Waals surface area contributed by atoms with Crippen LogP contribution in [0, 0.1) is 0 Å². The molecule has 0 fully saturated rings. The molecule has 4 nitrogen and oxygen atoms in total. The van der Waals surface area contributed by atoms with Gasteiger partial charge in [0, 0.05) is 19.5 Å². The number of ether oxygens (including phenoxy) is 1. The van der Waals surface area contributed by atoms with Crippen LogP contribution < -0.4 is 0 Å². The third kappa shape index (κ3) is 5.00. The minimum absolute atomic E-state index is 0.0497. The van der Waals surface area contributed by atoms with Crippen molar-refractivity contribution in [2.24, 2.45) is 0 Å². The first-order valence-electron chi connectivity index (χ1n) is 3.99. The summed E-state index contributed by atoms with van der Waals surface area (Å²) in [5.74, 6) is -0.469. The summed E-state index contributed by atoms with van der Waals surface area (Å²) in [6.07, 6.45) is 0. The molecule has 0 unspecified atom stereocenters. The number of nitrogens with zero attached hydrogens (tertiary/aromatic N) is 1. The fourth-order valence-corrected chi connectivity index (χ4v) is 0.556. The van der Waals surface area contributed by atoms with Crippen LogP contribution in [0.2, 0.25) is 0 Å². The van der Waals surface area contributed by atoms with Gasteiger partial charge in [-0.3, -0.25) is 4.79 Å². The number of amides is 1. The van der Waals surface area contributed by atoms with Crippen LogP contribution in [0.3, 0.4) is 0 Å². The Bertz CT molecular complexity index is 223. The van der Waals surface area contributed by atoms with Crippen LogP contribution in [0.5, 0.6) is 0 Å². The molecular weight excluding hydrogens is 170 g/mol. The highest BCUT2D eigenvalue weighted by Crippen LogP contribution is 1.92. The van der Waals surface area contributed by atoms with E-state index < -0.39 is 5.97 Å². The minimum atomic E-state index is -0.419. The van der Waals surface area contributed by atoms with Crippen molar-refractivity contribution >= 4 is 11.9 Å². The van der Waals surface area contributed by atoms with Crippen LogP contribution in [0.4, 0.5) is 0 Å². The van der Waals surface area contributed by atoms with E-state index in [1.165, 1.54) is 11.8 Å². The summed E-state index contributed by atoms with van der Waals surface area (Å²) in [7, 11) is 1.65. The Labute approximate surface area is 78.2 Å². The van der Waals surface area contributed by atoms with Crippen LogP contribution in [0.15, 0.2) is 12.2 Å². The number of esters is 1. The van der Waals surface area contributed by atoms with Gasteiger partial charge in [0.05, 0.1) is 6.54 Å². The predicted octanol–water partition coefficient (Wildman–Crippen LogP) is 0.584. The van der Waals surface area contributed by atoms with E-state index in [1.807, 2.05) is 0 Å². The minimum Gasteiger partial charge on any atom is -0.460 e. The second kappa shape index (κ2) is 5.35. The molecule has 0 aliphatic carbocycles. The molecule has 13 heavy (non-hydrogen) atoms. The quantitative estimate of drug-likeness (QED) is 0.475. The van der Waals surface area contributed by atoms with Crippen molar-refractivity contribution in [2.45, 2.75) is 13.8 Å². The van der Waals surface area contributed by atoms with Crippen molar-refractivity contribution in [3.05, 3.63) is 12.2 Å². The van der Waals surface area contributed by atoms with Gasteiger partial charge in [-0.1, -0.05) is 6.58 Å². The lowest BCUT2D eigenvalue weighted by Crippen LogP contribution is -2.28. The molecule has 0 N–H and O–H groups in total. The van der Waals surface area contributed by atoms with Gasteiger partial charge in [-0.05, 0) is 6.92 Å². The van der Waals surface area contributed by atoms with Gasteiger partial charge in [-0.15, -0.1) is 0 Å². The number of rotatable bonds is 4. The lowest BCUT2D eigenvalue weighted by molar-refractivity contribution is -0.141. The molecule has 0 aliphatic rings. The van der Waals surface area contributed by atoms with Gasteiger partial charge in [-0.2, -0.15) is 0 Å². The Morgan fingerprint density at radius 2 is 1.92 bits per heavy atom. The van der Waals surface area contributed by atoms with E-state index in [9.17, 15) is 9.59 Å². The van der Waals surface area contributed by atoms with Crippen molar-refractivity contribution in [2.75, 3.05) is 20.2 Å². The average molecular weight is 185 g/mol. The molecule has 1 amide bonds. The Morgan fingerprint density at radius 3 is 2.31 bits per heavy atom. The smallest absolute Gasteiger partial charge is 0.333 e. The van der Waals surface area contributed by atoms with E-state index in [1.54, 1.807) is 14.0 Å². The first-order valence-corrected chi connectivity index (χ1v) is 3.99. The van der Waals surface area contributed by atoms with E-state index in [0.29, 0.717) is 12.1 Å². The number of hydrogen-bond acceptors (Lipinski definition) is 3. The lowest BCUT2D eigenvalue weighted by Gasteiger charge is -2.14. The van der Waals surface area contributed by atoms with Gasteiger partial charge in [0.1, 0.15) is 6.61 Å². The maximum Gasteiger partial charge on any atom is 0.333 e. The lowest BCUT2D eigenvalue weighted by atomic mass is 10.4. The summed E-state index contributed by atoms with van der Waals surface area (Å²) < 4.78 is 4.79. The van der Waals surface area contributed by atoms with Crippen molar-refractivity contribution in [3.63, 3.8) is 0 Å². The SMILES string of the molecule is C=C(C)C(=O)OCCN(C)C(C)=O. The molecule has 0 saturated heterocycles. The zero-order valence-corrected chi connectivity index (χ0v) is 8.29. The molecule has 0 aliphatic heterocycles. The van der Waals surface area contributed by atoms with Gasteiger partial charge in [-0.25, -0.2) is 4.79 Å². The van der Waals surface area contributed by atoms with Crippen molar-refractivity contribution < 1.29 is 14.3 Å². The highest BCUT2D eigenvalue weighted by molar-refractivity contribution is 5.86. The van der Waals surface area contributed by atoms with Gasteiger partial charge >= 0.3 is 5.97 Å². The average Bonchev–Trinajstić information content (AvgIpc) is 2.03. The van der Waals surface area contributed by atoms with E-state index in [0.717, 1.165) is 0 Å². The molecule has 74 valence electrons. The Hall–Kier alpha value is -1.32. The summed E-state index contributed by atoms with van der Waals surface area (Å²) in [4.78, 5) is 23.1. The van der Waals surface area contributed by atoms with E-state index in [-0.39, 0.29) is 12.5 Å². The second-order valence-corrected chi connectivity index (χ2v) is 2.86. The molecule has 0 bridgehead atoms. The zero-order valence-electron chi connectivity index (χ0n) is 8.29. The fraction of sp³-hybridized carbons (Fsp3) is 0.556. The third-order valence-electron chi connectivity index (χ3n) is 1.55. The molecule has 0 rings (SSSR count). The number of hydrogen-bond donors (Lipinski definition) is 0. The van der Waals surface area contributed by atoms with Crippen LogP contribution in [-0.2, 0) is 14.3 Å². The van der Waals surface area contributed by atoms with Crippen LogP contribution in [0.25, 0.3) is 0 Å². The van der Waals surface area contributed by atoms with Gasteiger partial charge < -0.3 is 9.64 Å². The maximum atomic E-state index is 10.9. The maximum absolute atomic E-state index is 10.9. The topological polar surface area (TPSA) is 46.6 Å². The van der Waals surface area contributed by atoms with Crippen LogP contribution in [0.1, 0.15) is 13.8 Å². The number of carbonyl (C=O) groups is 2. The molecule has 0 heterocycles. The van der Waals surface area contributed by atoms with Crippen molar-refractivity contribution in [3.8, 4) is 0 Å². The highest BCUT2D eigenvalue weighted by Gasteiger charge is 2.05. The van der Waals surface area contributed by atoms with Crippen LogP contribution >= 0.6 is 0 Å². The Kier molecular flexibility index (Phi) is 4.80. The molecule has 0 saturated carbocycles. The summed E-state index contributed by atoms with van der Waals surface area (Å²) in [5, 5.41) is 0. The summed E-state index contributed by atoms with van der Waals surface area (Å²) >= 11 is 0. The normalized spacial score (nSPS) is 9.15. The summed E-state index contributed by atoms with van der Waals surface area (Å²) in [6, 6.07) is 0. The fourth-order valence-electron chi connectivity index (χ4n) is 0.556. The van der Waals surface area contributed by atoms with E-state index >= 15 is 0 Å². The van der Waals surface area contributed by atoms with E-state index in [4.69, 9.17) is 4.74 Å². The van der Waals surface area contributed by atoms with Gasteiger partial charge in [0.2, 0.25) is 5.91 Å². The molecule has 0 spiro atoms.